The van der Waals surface area contributed by atoms with E-state index in [0.29, 0.717) is 0 Å². The van der Waals surface area contributed by atoms with Gasteiger partial charge in [0.25, 0.3) is 0 Å². The van der Waals surface area contributed by atoms with Crippen molar-refractivity contribution in [1.82, 2.24) is 0 Å². The first kappa shape index (κ1) is 6.26. The smallest absolute Gasteiger partial charge is 0.332 e. The third kappa shape index (κ3) is 0.843. The molecule has 1 radical (unpaired) electrons. The average Bonchev–Trinajstić information content (AvgIpc) is 2.34. The van der Waals surface area contributed by atoms with E-state index >= 15 is 0 Å². The highest BCUT2D eigenvalue weighted by Crippen LogP contribution is 2.23. The van der Waals surface area contributed by atoms with Gasteiger partial charge in [-0.15, -0.1) is 0 Å². The summed E-state index contributed by atoms with van der Waals surface area (Å²) >= 11 is 5.79. The quantitative estimate of drug-likeness (QED) is 0.400. The number of rotatable bonds is 0. The van der Waals surface area contributed by atoms with Crippen LogP contribution in [0, 0.1) is 0 Å². The van der Waals surface area contributed by atoms with Crippen LogP contribution in [-0.2, 0) is 4.65 Å². The van der Waals surface area contributed by atoms with Gasteiger partial charge in [0.1, 0.15) is 5.56 Å². The van der Waals surface area contributed by atoms with Crippen LogP contribution in [0.4, 0.5) is 0 Å². The molecule has 10 heavy (non-hydrogen) atoms. The van der Waals surface area contributed by atoms with Crippen LogP contribution >= 0.6 is 11.6 Å². The predicted molar refractivity (Wildman–Crippen MR) is 41.5 cm³/mol. The van der Waals surface area contributed by atoms with Crippen molar-refractivity contribution in [3.8, 4) is 0 Å². The largest absolute Gasteiger partial charge is 0.416 e. The molecule has 1 unspecified atom stereocenters. The highest BCUT2D eigenvalue weighted by atomic mass is 35.5. The Morgan fingerprint density at radius 1 is 1.40 bits per heavy atom. The van der Waals surface area contributed by atoms with Crippen molar-refractivity contribution < 1.29 is 4.65 Å². The van der Waals surface area contributed by atoms with Crippen LogP contribution in [0.1, 0.15) is 11.1 Å². The highest BCUT2D eigenvalue weighted by molar-refractivity contribution is 6.51. The van der Waals surface area contributed by atoms with E-state index in [4.69, 9.17) is 16.3 Å². The molecule has 49 valence electrons. The molecule has 1 nitrogen and oxygen atoms in total. The average molecular weight is 151 g/mol. The Balaban J connectivity index is 2.51. The molecule has 2 rings (SSSR count). The molecule has 3 heteroatoms. The van der Waals surface area contributed by atoms with Gasteiger partial charge in [-0.1, -0.05) is 35.9 Å². The molecule has 1 aliphatic rings. The fourth-order valence-corrected chi connectivity index (χ4v) is 1.28. The number of benzene rings is 1. The molecule has 1 aromatic rings. The van der Waals surface area contributed by atoms with E-state index in [9.17, 15) is 0 Å². The standard InChI is InChI=1S/C7H5BClO/c9-7-5-3-1-2-4-6(5)8-10-7/h1-4,7H. The molecule has 1 aromatic carbocycles. The summed E-state index contributed by atoms with van der Waals surface area (Å²) in [6, 6.07) is 7.87. The lowest BCUT2D eigenvalue weighted by Crippen LogP contribution is -2.09. The van der Waals surface area contributed by atoms with Crippen LogP contribution in [0.2, 0.25) is 0 Å². The van der Waals surface area contributed by atoms with Crippen LogP contribution in [0.25, 0.3) is 0 Å². The van der Waals surface area contributed by atoms with Gasteiger partial charge in [-0.05, 0) is 11.0 Å². The Labute approximate surface area is 65.2 Å². The van der Waals surface area contributed by atoms with E-state index in [1.165, 1.54) is 0 Å². The van der Waals surface area contributed by atoms with Crippen molar-refractivity contribution in [2.75, 3.05) is 0 Å². The molecular weight excluding hydrogens is 146 g/mol. The van der Waals surface area contributed by atoms with Gasteiger partial charge in [-0.2, -0.15) is 0 Å². The zero-order valence-electron chi connectivity index (χ0n) is 5.25. The maximum absolute atomic E-state index is 5.79. The molecular formula is C7H5BClO. The van der Waals surface area contributed by atoms with E-state index in [2.05, 4.69) is 0 Å². The summed E-state index contributed by atoms with van der Waals surface area (Å²) < 4.78 is 5.06. The number of alkyl halides is 1. The topological polar surface area (TPSA) is 9.23 Å². The molecule has 0 bridgehead atoms. The van der Waals surface area contributed by atoms with E-state index in [1.807, 2.05) is 24.3 Å². The van der Waals surface area contributed by atoms with Crippen molar-refractivity contribution in [3.63, 3.8) is 0 Å². The van der Waals surface area contributed by atoms with Gasteiger partial charge in [-0.25, -0.2) is 0 Å². The van der Waals surface area contributed by atoms with Crippen LogP contribution in [0.3, 0.4) is 0 Å². The number of hydrogen-bond acceptors (Lipinski definition) is 1. The summed E-state index contributed by atoms with van der Waals surface area (Å²) in [5, 5.41) is 0. The van der Waals surface area contributed by atoms with E-state index in [0.717, 1.165) is 11.0 Å². The van der Waals surface area contributed by atoms with E-state index in [1.54, 1.807) is 7.48 Å². The third-order valence-electron chi connectivity index (χ3n) is 1.56. The van der Waals surface area contributed by atoms with Gasteiger partial charge >= 0.3 is 7.48 Å². The first-order valence-electron chi connectivity index (χ1n) is 3.09. The lowest BCUT2D eigenvalue weighted by atomic mass is 9.88. The molecule has 0 N–H and O–H groups in total. The first-order chi connectivity index (χ1) is 4.88. The zero-order chi connectivity index (χ0) is 6.97. The van der Waals surface area contributed by atoms with Crippen molar-refractivity contribution >= 4 is 24.5 Å². The highest BCUT2D eigenvalue weighted by Gasteiger charge is 2.20. The van der Waals surface area contributed by atoms with Crippen LogP contribution < -0.4 is 5.46 Å². The van der Waals surface area contributed by atoms with E-state index < -0.39 is 0 Å². The second-order valence-electron chi connectivity index (χ2n) is 2.20. The molecule has 0 saturated carbocycles. The summed E-state index contributed by atoms with van der Waals surface area (Å²) in [4.78, 5) is 0. The number of hydrogen-bond donors (Lipinski definition) is 0. The van der Waals surface area contributed by atoms with E-state index in [-0.39, 0.29) is 5.56 Å². The molecule has 1 atom stereocenters. The van der Waals surface area contributed by atoms with Gasteiger partial charge in [-0.3, -0.25) is 0 Å². The van der Waals surface area contributed by atoms with Crippen LogP contribution in [0.5, 0.6) is 0 Å². The second kappa shape index (κ2) is 2.29. The maximum Gasteiger partial charge on any atom is 0.332 e. The Kier molecular flexibility index (Phi) is 1.44. The molecule has 0 spiro atoms. The van der Waals surface area contributed by atoms with Crippen molar-refractivity contribution in [2.24, 2.45) is 0 Å². The fraction of sp³-hybridized carbons (Fsp3) is 0.143. The molecule has 1 heterocycles. The Morgan fingerprint density at radius 3 is 3.00 bits per heavy atom. The second-order valence-corrected chi connectivity index (χ2v) is 2.60. The van der Waals surface area contributed by atoms with Crippen molar-refractivity contribution in [2.45, 2.75) is 5.56 Å². The van der Waals surface area contributed by atoms with Crippen LogP contribution in [0.15, 0.2) is 24.3 Å². The summed E-state index contributed by atoms with van der Waals surface area (Å²) in [5.41, 5.74) is 1.86. The Hall–Kier alpha value is -0.465. The maximum atomic E-state index is 5.79. The van der Waals surface area contributed by atoms with Gasteiger partial charge in [0.05, 0.1) is 0 Å². The third-order valence-corrected chi connectivity index (χ3v) is 1.89. The molecule has 0 amide bonds. The Bertz CT molecular complexity index is 251. The molecule has 1 aliphatic heterocycles. The summed E-state index contributed by atoms with van der Waals surface area (Å²) in [5.74, 6) is 0. The minimum atomic E-state index is -0.281. The monoisotopic (exact) mass is 151 g/mol. The van der Waals surface area contributed by atoms with Gasteiger partial charge in [0.2, 0.25) is 0 Å². The summed E-state index contributed by atoms with van der Waals surface area (Å²) in [6.45, 7) is 0. The predicted octanol–water partition coefficient (Wildman–Crippen LogP) is 1.20. The van der Waals surface area contributed by atoms with Gasteiger partial charge < -0.3 is 4.65 Å². The fourth-order valence-electron chi connectivity index (χ4n) is 1.03. The van der Waals surface area contributed by atoms with Crippen molar-refractivity contribution in [3.05, 3.63) is 29.8 Å². The summed E-state index contributed by atoms with van der Waals surface area (Å²) in [7, 11) is 1.69. The first-order valence-corrected chi connectivity index (χ1v) is 3.53. The normalized spacial score (nSPS) is 21.9. The molecule has 0 aromatic heterocycles. The summed E-state index contributed by atoms with van der Waals surface area (Å²) in [6.07, 6.45) is 0. The lowest BCUT2D eigenvalue weighted by Gasteiger charge is -1.99. The van der Waals surface area contributed by atoms with Crippen molar-refractivity contribution in [1.29, 1.82) is 0 Å². The van der Waals surface area contributed by atoms with Gasteiger partial charge in [0.15, 0.2) is 0 Å². The van der Waals surface area contributed by atoms with Gasteiger partial charge in [0, 0.05) is 0 Å². The Morgan fingerprint density at radius 2 is 2.20 bits per heavy atom. The molecule has 0 fully saturated rings. The molecule has 0 saturated heterocycles. The minimum absolute atomic E-state index is 0.281. The lowest BCUT2D eigenvalue weighted by molar-refractivity contribution is 0.325. The SMILES string of the molecule is ClC1O[B]c2ccccc21. The number of halogens is 1. The minimum Gasteiger partial charge on any atom is -0.416 e. The number of fused-ring (bicyclic) bond motifs is 1. The zero-order valence-corrected chi connectivity index (χ0v) is 6.01. The van der Waals surface area contributed by atoms with Crippen LogP contribution in [-0.4, -0.2) is 7.48 Å². The molecule has 0 aliphatic carbocycles.